The van der Waals surface area contributed by atoms with Gasteiger partial charge >= 0.3 is 12.0 Å². The Morgan fingerprint density at radius 1 is 1.00 bits per heavy atom. The van der Waals surface area contributed by atoms with Crippen molar-refractivity contribution in [1.82, 2.24) is 15.8 Å². The van der Waals surface area contributed by atoms with Gasteiger partial charge < -0.3 is 10.1 Å². The summed E-state index contributed by atoms with van der Waals surface area (Å²) in [6.07, 6.45) is 2.48. The number of nitrogens with zero attached hydrogens (tertiary/aromatic N) is 1. The molecule has 0 aromatic heterocycles. The zero-order valence-corrected chi connectivity index (χ0v) is 16.2. The summed E-state index contributed by atoms with van der Waals surface area (Å²) in [5.74, 6) is -2.01. The lowest BCUT2D eigenvalue weighted by Gasteiger charge is -2.27. The van der Waals surface area contributed by atoms with Crippen LogP contribution in [0.1, 0.15) is 30.4 Å². The number of carbonyl (C=O) groups excluding carboxylic acids is 4. The molecule has 0 atom stereocenters. The van der Waals surface area contributed by atoms with Crippen LogP contribution in [0, 0.1) is 5.92 Å². The number of imide groups is 1. The minimum atomic E-state index is -1.48. The van der Waals surface area contributed by atoms with E-state index in [2.05, 4.69) is 10.7 Å². The molecule has 1 aliphatic carbocycles. The van der Waals surface area contributed by atoms with Gasteiger partial charge in [-0.15, -0.1) is 0 Å². The van der Waals surface area contributed by atoms with Gasteiger partial charge in [0, 0.05) is 0 Å². The second-order valence-corrected chi connectivity index (χ2v) is 7.32. The zero-order chi connectivity index (χ0) is 21.1. The van der Waals surface area contributed by atoms with Crippen LogP contribution in [0.25, 0.3) is 0 Å². The molecule has 1 saturated heterocycles. The van der Waals surface area contributed by atoms with Gasteiger partial charge in [0.1, 0.15) is 0 Å². The highest BCUT2D eigenvalue weighted by Gasteiger charge is 2.54. The summed E-state index contributed by atoms with van der Waals surface area (Å²) in [6, 6.07) is 16.8. The van der Waals surface area contributed by atoms with Crippen molar-refractivity contribution in [1.29, 1.82) is 0 Å². The Morgan fingerprint density at radius 2 is 1.57 bits per heavy atom. The third-order valence-electron chi connectivity index (χ3n) is 5.46. The molecule has 2 aromatic carbocycles. The number of nitrogens with one attached hydrogen (secondary N) is 2. The number of hydrogen-bond donors (Lipinski definition) is 2. The molecule has 0 unspecified atom stereocenters. The summed E-state index contributed by atoms with van der Waals surface area (Å²) in [7, 11) is 0. The van der Waals surface area contributed by atoms with E-state index in [1.807, 2.05) is 0 Å². The minimum absolute atomic E-state index is 0.168. The van der Waals surface area contributed by atoms with Crippen LogP contribution in [0.15, 0.2) is 60.7 Å². The summed E-state index contributed by atoms with van der Waals surface area (Å²) in [5.41, 5.74) is 1.90. The largest absolute Gasteiger partial charge is 0.455 e. The molecule has 2 aliphatic rings. The molecule has 1 aliphatic heterocycles. The average molecular weight is 407 g/mol. The number of ether oxygens (including phenoxy) is 1. The quantitative estimate of drug-likeness (QED) is 0.562. The molecule has 1 heterocycles. The van der Waals surface area contributed by atoms with Crippen LogP contribution >= 0.6 is 0 Å². The molecule has 2 N–H and O–H groups in total. The Bertz CT molecular complexity index is 933. The van der Waals surface area contributed by atoms with Gasteiger partial charge in [-0.1, -0.05) is 67.1 Å². The smallest absolute Gasteiger partial charge is 0.344 e. The number of amides is 4. The monoisotopic (exact) mass is 407 g/mol. The highest BCUT2D eigenvalue weighted by molar-refractivity contribution is 6.10. The predicted molar refractivity (Wildman–Crippen MR) is 105 cm³/mol. The Kier molecular flexibility index (Phi) is 5.22. The van der Waals surface area contributed by atoms with Gasteiger partial charge in [-0.3, -0.25) is 19.8 Å². The number of urea groups is 1. The normalized spacial score (nSPS) is 17.8. The van der Waals surface area contributed by atoms with E-state index in [1.54, 1.807) is 60.7 Å². The van der Waals surface area contributed by atoms with E-state index >= 15 is 0 Å². The second kappa shape index (κ2) is 7.98. The molecule has 0 bridgehead atoms. The molecule has 4 amide bonds. The summed E-state index contributed by atoms with van der Waals surface area (Å²) in [5, 5.41) is 3.36. The minimum Gasteiger partial charge on any atom is -0.455 e. The van der Waals surface area contributed by atoms with Crippen LogP contribution in [0.4, 0.5) is 4.79 Å². The Balaban J connectivity index is 1.55. The van der Waals surface area contributed by atoms with Crippen LogP contribution in [0.5, 0.6) is 0 Å². The Morgan fingerprint density at radius 3 is 2.07 bits per heavy atom. The van der Waals surface area contributed by atoms with E-state index in [0.717, 1.165) is 19.3 Å². The molecule has 4 rings (SSSR count). The van der Waals surface area contributed by atoms with Crippen LogP contribution in [-0.4, -0.2) is 35.4 Å². The number of rotatable bonds is 6. The standard InChI is InChI=1S/C22H21N3O5/c26-18(14-30-19(27)15-8-7-9-15)24-25-20(28)22(23-21(25)29,16-10-3-1-4-11-16)17-12-5-2-6-13-17/h1-6,10-13,15H,7-9,14H2,(H,23,29)(H,24,26). The van der Waals surface area contributed by atoms with E-state index in [1.165, 1.54) is 0 Å². The van der Waals surface area contributed by atoms with E-state index < -0.39 is 36.0 Å². The third kappa shape index (κ3) is 3.41. The maximum Gasteiger partial charge on any atom is 0.344 e. The van der Waals surface area contributed by atoms with E-state index in [4.69, 9.17) is 4.74 Å². The molecule has 2 fully saturated rings. The fraction of sp³-hybridized carbons (Fsp3) is 0.273. The first kappa shape index (κ1) is 19.6. The van der Waals surface area contributed by atoms with E-state index in [0.29, 0.717) is 16.1 Å². The van der Waals surface area contributed by atoms with Crippen molar-refractivity contribution in [3.05, 3.63) is 71.8 Å². The SMILES string of the molecule is O=C(COC(=O)C1CCC1)NN1C(=O)NC(c2ccccc2)(c2ccccc2)C1=O. The lowest BCUT2D eigenvalue weighted by atomic mass is 9.83. The maximum absolute atomic E-state index is 13.4. The summed E-state index contributed by atoms with van der Waals surface area (Å²) < 4.78 is 4.99. The van der Waals surface area contributed by atoms with Crippen LogP contribution in [0.3, 0.4) is 0 Å². The number of hydrazine groups is 1. The molecule has 2 aromatic rings. The van der Waals surface area contributed by atoms with Crippen molar-refractivity contribution in [2.75, 3.05) is 6.61 Å². The van der Waals surface area contributed by atoms with Gasteiger partial charge in [0.15, 0.2) is 12.1 Å². The molecule has 0 spiro atoms. The van der Waals surface area contributed by atoms with Crippen molar-refractivity contribution in [3.8, 4) is 0 Å². The molecular formula is C22H21N3O5. The van der Waals surface area contributed by atoms with E-state index in [9.17, 15) is 19.2 Å². The number of esters is 1. The lowest BCUT2D eigenvalue weighted by molar-refractivity contribution is -0.156. The fourth-order valence-corrected chi connectivity index (χ4v) is 3.62. The van der Waals surface area contributed by atoms with Crippen molar-refractivity contribution in [2.45, 2.75) is 24.8 Å². The molecule has 154 valence electrons. The van der Waals surface area contributed by atoms with Gasteiger partial charge in [0.25, 0.3) is 11.8 Å². The van der Waals surface area contributed by atoms with Crippen LogP contribution < -0.4 is 10.7 Å². The topological polar surface area (TPSA) is 105 Å². The molecule has 0 radical (unpaired) electrons. The molecule has 8 heteroatoms. The molecular weight excluding hydrogens is 386 g/mol. The number of benzene rings is 2. The third-order valence-corrected chi connectivity index (χ3v) is 5.46. The van der Waals surface area contributed by atoms with Crippen LogP contribution in [0.2, 0.25) is 0 Å². The predicted octanol–water partition coefficient (Wildman–Crippen LogP) is 1.86. The van der Waals surface area contributed by atoms with Gasteiger partial charge in [0.05, 0.1) is 5.92 Å². The van der Waals surface area contributed by atoms with Crippen molar-refractivity contribution < 1.29 is 23.9 Å². The van der Waals surface area contributed by atoms with E-state index in [-0.39, 0.29) is 5.92 Å². The molecule has 1 saturated carbocycles. The lowest BCUT2D eigenvalue weighted by Crippen LogP contribution is -2.50. The first-order valence-electron chi connectivity index (χ1n) is 9.76. The first-order valence-corrected chi connectivity index (χ1v) is 9.76. The van der Waals surface area contributed by atoms with Gasteiger partial charge in [-0.25, -0.2) is 4.79 Å². The van der Waals surface area contributed by atoms with Crippen molar-refractivity contribution in [3.63, 3.8) is 0 Å². The number of carbonyl (C=O) groups is 4. The summed E-state index contributed by atoms with van der Waals surface area (Å²) in [6.45, 7) is -0.559. The zero-order valence-electron chi connectivity index (χ0n) is 16.2. The number of hydrogen-bond acceptors (Lipinski definition) is 5. The van der Waals surface area contributed by atoms with Gasteiger partial charge in [0.2, 0.25) is 0 Å². The Hall–Kier alpha value is -3.68. The Labute approximate surface area is 173 Å². The van der Waals surface area contributed by atoms with Crippen molar-refractivity contribution >= 4 is 23.8 Å². The van der Waals surface area contributed by atoms with Gasteiger partial charge in [-0.2, -0.15) is 5.01 Å². The molecule has 8 nitrogen and oxygen atoms in total. The summed E-state index contributed by atoms with van der Waals surface area (Å²) in [4.78, 5) is 50.1. The molecule has 30 heavy (non-hydrogen) atoms. The first-order chi connectivity index (χ1) is 14.5. The second-order valence-electron chi connectivity index (χ2n) is 7.32. The van der Waals surface area contributed by atoms with Crippen LogP contribution in [-0.2, 0) is 24.7 Å². The maximum atomic E-state index is 13.4. The highest BCUT2D eigenvalue weighted by atomic mass is 16.5. The fourth-order valence-electron chi connectivity index (χ4n) is 3.62. The van der Waals surface area contributed by atoms with Crippen molar-refractivity contribution in [2.24, 2.45) is 5.92 Å². The summed E-state index contributed by atoms with van der Waals surface area (Å²) >= 11 is 0. The highest BCUT2D eigenvalue weighted by Crippen LogP contribution is 2.35. The average Bonchev–Trinajstić information content (AvgIpc) is 2.98. The van der Waals surface area contributed by atoms with Gasteiger partial charge in [-0.05, 0) is 24.0 Å².